The van der Waals surface area contributed by atoms with Crippen molar-refractivity contribution in [2.45, 2.75) is 38.5 Å². The Hall–Kier alpha value is -3.45. The predicted octanol–water partition coefficient (Wildman–Crippen LogP) is 5.04. The number of aromatic nitrogens is 1. The Morgan fingerprint density at radius 2 is 2.03 bits per heavy atom. The molecule has 2 aliphatic rings. The van der Waals surface area contributed by atoms with Gasteiger partial charge in [-0.15, -0.1) is 11.3 Å². The maximum absolute atomic E-state index is 13.4. The summed E-state index contributed by atoms with van der Waals surface area (Å²) in [7, 11) is 0. The number of dihydropyridines is 1. The molecule has 2 N–H and O–H groups in total. The third-order valence-electron chi connectivity index (χ3n) is 5.98. The first-order chi connectivity index (χ1) is 15.5. The van der Waals surface area contributed by atoms with E-state index in [0.29, 0.717) is 29.8 Å². The quantitative estimate of drug-likeness (QED) is 0.587. The van der Waals surface area contributed by atoms with Crippen LogP contribution in [0.2, 0.25) is 0 Å². The van der Waals surface area contributed by atoms with Crippen LogP contribution in [0.3, 0.4) is 0 Å². The van der Waals surface area contributed by atoms with Gasteiger partial charge in [-0.1, -0.05) is 12.1 Å². The van der Waals surface area contributed by atoms with Crippen LogP contribution in [0.4, 0.5) is 5.82 Å². The van der Waals surface area contributed by atoms with Gasteiger partial charge in [-0.2, -0.15) is 0 Å². The van der Waals surface area contributed by atoms with Crippen molar-refractivity contribution in [3.63, 3.8) is 0 Å². The lowest BCUT2D eigenvalue weighted by atomic mass is 9.74. The molecule has 7 heteroatoms. The summed E-state index contributed by atoms with van der Waals surface area (Å²) in [5, 5.41) is 8.28. The summed E-state index contributed by atoms with van der Waals surface area (Å²) < 4.78 is 5.58. The number of nitrogens with zero attached hydrogens (tertiary/aromatic N) is 1. The first kappa shape index (κ1) is 20.5. The van der Waals surface area contributed by atoms with E-state index < -0.39 is 5.92 Å². The van der Waals surface area contributed by atoms with Crippen LogP contribution in [0.1, 0.15) is 47.9 Å². The molecule has 5 rings (SSSR count). The van der Waals surface area contributed by atoms with E-state index in [1.54, 1.807) is 23.7 Å². The number of Topliss-reactive ketones (excluding diaryl/α,β-unsaturated/α-hetero) is 1. The number of pyridine rings is 1. The molecule has 2 atom stereocenters. The van der Waals surface area contributed by atoms with Gasteiger partial charge in [0.15, 0.2) is 5.78 Å². The zero-order valence-electron chi connectivity index (χ0n) is 17.8. The molecule has 32 heavy (non-hydrogen) atoms. The lowest BCUT2D eigenvalue weighted by Gasteiger charge is -2.35. The van der Waals surface area contributed by atoms with Crippen LogP contribution in [-0.4, -0.2) is 16.7 Å². The minimum atomic E-state index is -0.402. The van der Waals surface area contributed by atoms with Gasteiger partial charge < -0.3 is 15.1 Å². The SMILES string of the molecule is CC1=C(C(=O)Nc2cccc(C)n2)[C@@H](c2cccs2)C2=C(C[C@@H](c3ccco3)CC2=O)N1. The summed E-state index contributed by atoms with van der Waals surface area (Å²) in [6, 6.07) is 13.2. The van der Waals surface area contributed by atoms with Crippen LogP contribution in [0.5, 0.6) is 0 Å². The third-order valence-corrected chi connectivity index (χ3v) is 6.91. The lowest BCUT2D eigenvalue weighted by molar-refractivity contribution is -0.116. The molecule has 0 saturated carbocycles. The van der Waals surface area contributed by atoms with E-state index in [4.69, 9.17) is 4.42 Å². The smallest absolute Gasteiger partial charge is 0.255 e. The summed E-state index contributed by atoms with van der Waals surface area (Å²) in [5.74, 6) is 0.695. The van der Waals surface area contributed by atoms with Crippen LogP contribution in [0, 0.1) is 6.92 Å². The Morgan fingerprint density at radius 3 is 2.75 bits per heavy atom. The van der Waals surface area contributed by atoms with Gasteiger partial charge in [0.2, 0.25) is 0 Å². The highest BCUT2D eigenvalue weighted by molar-refractivity contribution is 7.10. The van der Waals surface area contributed by atoms with Crippen molar-refractivity contribution in [3.8, 4) is 0 Å². The van der Waals surface area contributed by atoms with Gasteiger partial charge in [0.25, 0.3) is 5.91 Å². The van der Waals surface area contributed by atoms with Crippen LogP contribution in [0.25, 0.3) is 0 Å². The van der Waals surface area contributed by atoms with Gasteiger partial charge in [0, 0.05) is 45.5 Å². The van der Waals surface area contributed by atoms with E-state index in [2.05, 4.69) is 15.6 Å². The Kier molecular flexibility index (Phi) is 5.27. The van der Waals surface area contributed by atoms with Crippen LogP contribution in [-0.2, 0) is 9.59 Å². The summed E-state index contributed by atoms with van der Waals surface area (Å²) in [5.41, 5.74) is 3.69. The Labute approximate surface area is 190 Å². The van der Waals surface area contributed by atoms with E-state index in [9.17, 15) is 9.59 Å². The third kappa shape index (κ3) is 3.69. The van der Waals surface area contributed by atoms with Crippen LogP contribution < -0.4 is 10.6 Å². The number of furan rings is 1. The van der Waals surface area contributed by atoms with Gasteiger partial charge in [0.05, 0.1) is 12.2 Å². The molecule has 3 aromatic heterocycles. The number of carbonyl (C=O) groups is 2. The van der Waals surface area contributed by atoms with Gasteiger partial charge in [-0.25, -0.2) is 4.98 Å². The molecule has 1 amide bonds. The second-order valence-electron chi connectivity index (χ2n) is 8.17. The van der Waals surface area contributed by atoms with Crippen molar-refractivity contribution in [1.82, 2.24) is 10.3 Å². The van der Waals surface area contributed by atoms with E-state index in [1.807, 2.05) is 55.6 Å². The van der Waals surface area contributed by atoms with Crippen molar-refractivity contribution >= 4 is 28.8 Å². The maximum Gasteiger partial charge on any atom is 0.255 e. The van der Waals surface area contributed by atoms with Gasteiger partial charge in [-0.3, -0.25) is 9.59 Å². The number of hydrogen-bond acceptors (Lipinski definition) is 6. The first-order valence-electron chi connectivity index (χ1n) is 10.6. The van der Waals surface area contributed by atoms with Crippen molar-refractivity contribution < 1.29 is 14.0 Å². The molecular formula is C25H23N3O3S. The largest absolute Gasteiger partial charge is 0.469 e. The number of ketones is 1. The second-order valence-corrected chi connectivity index (χ2v) is 9.15. The number of aryl methyl sites for hydroxylation is 1. The fourth-order valence-corrected chi connectivity index (χ4v) is 5.44. The van der Waals surface area contributed by atoms with E-state index in [-0.39, 0.29) is 17.6 Å². The van der Waals surface area contributed by atoms with Crippen molar-refractivity contribution in [2.75, 3.05) is 5.32 Å². The normalized spacial score (nSPS) is 20.8. The number of hydrogen-bond donors (Lipinski definition) is 2. The molecule has 4 heterocycles. The van der Waals surface area contributed by atoms with Gasteiger partial charge in [-0.05, 0) is 56.0 Å². The standard InChI is InChI=1S/C25H23N3O3S/c1-14-6-3-9-21(26-14)28-25(30)22-15(2)27-17-12-16(19-7-4-10-31-19)13-18(29)23(17)24(22)20-8-5-11-32-20/h3-11,16,24,27H,12-13H2,1-2H3,(H,26,28,30)/t16-,24-/m1/s1. The minimum absolute atomic E-state index is 0.00703. The number of allylic oxidation sites excluding steroid dienone is 3. The average Bonchev–Trinajstić information content (AvgIpc) is 3.47. The molecule has 1 aliphatic carbocycles. The number of thiophene rings is 1. The van der Waals surface area contributed by atoms with E-state index >= 15 is 0 Å². The zero-order chi connectivity index (χ0) is 22.2. The molecule has 0 aromatic carbocycles. The molecule has 1 aliphatic heterocycles. The van der Waals surface area contributed by atoms with E-state index in [1.165, 1.54) is 0 Å². The Bertz CT molecular complexity index is 1240. The molecule has 0 saturated heterocycles. The van der Waals surface area contributed by atoms with Gasteiger partial charge >= 0.3 is 0 Å². The molecule has 0 unspecified atom stereocenters. The monoisotopic (exact) mass is 445 g/mol. The summed E-state index contributed by atoms with van der Waals surface area (Å²) in [6.07, 6.45) is 2.67. The topological polar surface area (TPSA) is 84.2 Å². The molecule has 0 fully saturated rings. The van der Waals surface area contributed by atoms with Crippen LogP contribution >= 0.6 is 11.3 Å². The van der Waals surface area contributed by atoms with Crippen molar-refractivity contribution in [1.29, 1.82) is 0 Å². The zero-order valence-corrected chi connectivity index (χ0v) is 18.7. The fourth-order valence-electron chi connectivity index (χ4n) is 4.60. The summed E-state index contributed by atoms with van der Waals surface area (Å²) in [4.78, 5) is 32.2. The highest BCUT2D eigenvalue weighted by atomic mass is 32.1. The second kappa shape index (κ2) is 8.24. The number of carbonyl (C=O) groups excluding carboxylic acids is 2. The highest BCUT2D eigenvalue weighted by Crippen LogP contribution is 2.46. The van der Waals surface area contributed by atoms with Crippen molar-refractivity contribution in [2.24, 2.45) is 0 Å². The number of anilines is 1. The molecular weight excluding hydrogens is 422 g/mol. The Balaban J connectivity index is 1.53. The summed E-state index contributed by atoms with van der Waals surface area (Å²) >= 11 is 1.56. The summed E-state index contributed by atoms with van der Waals surface area (Å²) in [6.45, 7) is 3.77. The van der Waals surface area contributed by atoms with Crippen LogP contribution in [0.15, 0.2) is 81.1 Å². The predicted molar refractivity (Wildman–Crippen MR) is 123 cm³/mol. The lowest BCUT2D eigenvalue weighted by Crippen LogP contribution is -2.36. The molecule has 162 valence electrons. The van der Waals surface area contributed by atoms with Gasteiger partial charge in [0.1, 0.15) is 11.6 Å². The number of nitrogens with one attached hydrogen (secondary N) is 2. The number of amides is 1. The fraction of sp³-hybridized carbons (Fsp3) is 0.240. The molecule has 0 bridgehead atoms. The molecule has 0 spiro atoms. The number of rotatable bonds is 4. The maximum atomic E-state index is 13.4. The molecule has 0 radical (unpaired) electrons. The molecule has 3 aromatic rings. The Morgan fingerprint density at radius 1 is 1.16 bits per heavy atom. The highest BCUT2D eigenvalue weighted by Gasteiger charge is 2.41. The minimum Gasteiger partial charge on any atom is -0.469 e. The van der Waals surface area contributed by atoms with E-state index in [0.717, 1.165) is 27.7 Å². The first-order valence-corrected chi connectivity index (χ1v) is 11.4. The molecule has 6 nitrogen and oxygen atoms in total. The van der Waals surface area contributed by atoms with Crippen molar-refractivity contribution in [3.05, 3.63) is 93.0 Å². The average molecular weight is 446 g/mol.